The molecular formula is C11H19NO3. The van der Waals surface area contributed by atoms with Crippen LogP contribution in [0, 0.1) is 5.92 Å². The van der Waals surface area contributed by atoms with E-state index in [1.807, 2.05) is 0 Å². The molecule has 2 N–H and O–H groups in total. The average Bonchev–Trinajstić information content (AvgIpc) is 2.65. The third kappa shape index (κ3) is 2.22. The van der Waals surface area contributed by atoms with Crippen LogP contribution in [-0.2, 0) is 14.3 Å². The summed E-state index contributed by atoms with van der Waals surface area (Å²) in [5.74, 6) is 0.241. The molecule has 2 aliphatic heterocycles. The van der Waals surface area contributed by atoms with Gasteiger partial charge in [-0.2, -0.15) is 0 Å². The van der Waals surface area contributed by atoms with E-state index < -0.39 is 0 Å². The standard InChI is InChI=1S/C11H19NO3/c1-8(12)10(13)9-2-4-15-11(6-9)3-5-14-7-11/h8-9H,2-7,12H2,1H3. The molecule has 0 aromatic carbocycles. The van der Waals surface area contributed by atoms with Gasteiger partial charge in [-0.1, -0.05) is 0 Å². The molecule has 3 atom stereocenters. The maximum Gasteiger partial charge on any atom is 0.152 e. The lowest BCUT2D eigenvalue weighted by atomic mass is 9.81. The minimum Gasteiger partial charge on any atom is -0.378 e. The van der Waals surface area contributed by atoms with Crippen LogP contribution in [0.1, 0.15) is 26.2 Å². The molecule has 4 nitrogen and oxygen atoms in total. The molecule has 4 heteroatoms. The van der Waals surface area contributed by atoms with Crippen molar-refractivity contribution in [1.29, 1.82) is 0 Å². The molecule has 0 radical (unpaired) electrons. The Bertz CT molecular complexity index is 246. The second-order valence-electron chi connectivity index (χ2n) is 4.71. The van der Waals surface area contributed by atoms with Crippen molar-refractivity contribution in [3.63, 3.8) is 0 Å². The zero-order chi connectivity index (χ0) is 10.9. The maximum atomic E-state index is 11.8. The van der Waals surface area contributed by atoms with Gasteiger partial charge in [-0.3, -0.25) is 4.79 Å². The number of carbonyl (C=O) groups is 1. The van der Waals surface area contributed by atoms with Crippen molar-refractivity contribution in [2.75, 3.05) is 19.8 Å². The molecule has 0 aromatic rings. The number of Topliss-reactive ketones (excluding diaryl/α,β-unsaturated/α-hetero) is 1. The van der Waals surface area contributed by atoms with E-state index in [1.165, 1.54) is 0 Å². The first-order valence-corrected chi connectivity index (χ1v) is 5.64. The Kier molecular flexibility index (Phi) is 3.09. The lowest BCUT2D eigenvalue weighted by Gasteiger charge is -2.36. The Hall–Kier alpha value is -0.450. The number of hydrogen-bond donors (Lipinski definition) is 1. The highest BCUT2D eigenvalue weighted by atomic mass is 16.6. The number of rotatable bonds is 2. The van der Waals surface area contributed by atoms with Crippen molar-refractivity contribution in [1.82, 2.24) is 0 Å². The summed E-state index contributed by atoms with van der Waals surface area (Å²) in [5, 5.41) is 0. The summed E-state index contributed by atoms with van der Waals surface area (Å²) in [7, 11) is 0. The molecule has 1 spiro atoms. The first kappa shape index (κ1) is 11.0. The Balaban J connectivity index is 2.00. The van der Waals surface area contributed by atoms with Crippen molar-refractivity contribution in [3.05, 3.63) is 0 Å². The zero-order valence-electron chi connectivity index (χ0n) is 9.20. The van der Waals surface area contributed by atoms with E-state index in [9.17, 15) is 4.79 Å². The maximum absolute atomic E-state index is 11.8. The van der Waals surface area contributed by atoms with Gasteiger partial charge in [-0.05, 0) is 19.8 Å². The van der Waals surface area contributed by atoms with Gasteiger partial charge in [0.15, 0.2) is 5.78 Å². The van der Waals surface area contributed by atoms with Crippen molar-refractivity contribution in [2.24, 2.45) is 11.7 Å². The Morgan fingerprint density at radius 1 is 1.53 bits per heavy atom. The van der Waals surface area contributed by atoms with Crippen molar-refractivity contribution >= 4 is 5.78 Å². The Morgan fingerprint density at radius 3 is 2.93 bits per heavy atom. The van der Waals surface area contributed by atoms with Gasteiger partial charge in [-0.15, -0.1) is 0 Å². The molecular weight excluding hydrogens is 194 g/mol. The summed E-state index contributed by atoms with van der Waals surface area (Å²) < 4.78 is 11.1. The van der Waals surface area contributed by atoms with Gasteiger partial charge in [0.2, 0.25) is 0 Å². The largest absolute Gasteiger partial charge is 0.378 e. The van der Waals surface area contributed by atoms with E-state index in [0.717, 1.165) is 25.9 Å². The van der Waals surface area contributed by atoms with E-state index in [1.54, 1.807) is 6.92 Å². The predicted octanol–water partition coefficient (Wildman–Crippen LogP) is 0.488. The summed E-state index contributed by atoms with van der Waals surface area (Å²) >= 11 is 0. The molecule has 0 aromatic heterocycles. The molecule has 2 aliphatic rings. The van der Waals surface area contributed by atoms with Crippen LogP contribution in [0.25, 0.3) is 0 Å². The summed E-state index contributed by atoms with van der Waals surface area (Å²) in [6, 6.07) is -0.354. The topological polar surface area (TPSA) is 61.6 Å². The molecule has 2 fully saturated rings. The van der Waals surface area contributed by atoms with Crippen LogP contribution >= 0.6 is 0 Å². The van der Waals surface area contributed by atoms with Gasteiger partial charge >= 0.3 is 0 Å². The van der Waals surface area contributed by atoms with Gasteiger partial charge in [-0.25, -0.2) is 0 Å². The molecule has 86 valence electrons. The third-order valence-electron chi connectivity index (χ3n) is 3.41. The van der Waals surface area contributed by atoms with Gasteiger partial charge in [0.05, 0.1) is 18.2 Å². The molecule has 0 bridgehead atoms. The number of carbonyl (C=O) groups excluding carboxylic acids is 1. The van der Waals surface area contributed by atoms with Crippen LogP contribution in [0.15, 0.2) is 0 Å². The number of ketones is 1. The third-order valence-corrected chi connectivity index (χ3v) is 3.41. The highest BCUT2D eigenvalue weighted by Crippen LogP contribution is 2.36. The van der Waals surface area contributed by atoms with Crippen molar-refractivity contribution in [3.8, 4) is 0 Å². The fourth-order valence-electron chi connectivity index (χ4n) is 2.51. The van der Waals surface area contributed by atoms with Gasteiger partial charge in [0, 0.05) is 25.6 Å². The second-order valence-corrected chi connectivity index (χ2v) is 4.71. The van der Waals surface area contributed by atoms with Gasteiger partial charge < -0.3 is 15.2 Å². The van der Waals surface area contributed by atoms with E-state index in [4.69, 9.17) is 15.2 Å². The number of nitrogens with two attached hydrogens (primary N) is 1. The average molecular weight is 213 g/mol. The monoisotopic (exact) mass is 213 g/mol. The van der Waals surface area contributed by atoms with Crippen LogP contribution in [0.5, 0.6) is 0 Å². The quantitative estimate of drug-likeness (QED) is 0.725. The van der Waals surface area contributed by atoms with Crippen LogP contribution < -0.4 is 5.73 Å². The van der Waals surface area contributed by atoms with Crippen molar-refractivity contribution in [2.45, 2.75) is 37.8 Å². The molecule has 0 aliphatic carbocycles. The van der Waals surface area contributed by atoms with Crippen molar-refractivity contribution < 1.29 is 14.3 Å². The van der Waals surface area contributed by atoms with Crippen LogP contribution in [0.4, 0.5) is 0 Å². The molecule has 15 heavy (non-hydrogen) atoms. The van der Waals surface area contributed by atoms with Crippen LogP contribution in [0.3, 0.4) is 0 Å². The molecule has 0 amide bonds. The van der Waals surface area contributed by atoms with E-state index in [-0.39, 0.29) is 23.3 Å². The highest BCUT2D eigenvalue weighted by Gasteiger charge is 2.43. The lowest BCUT2D eigenvalue weighted by Crippen LogP contribution is -2.45. The zero-order valence-corrected chi connectivity index (χ0v) is 9.20. The van der Waals surface area contributed by atoms with E-state index in [0.29, 0.717) is 13.2 Å². The Morgan fingerprint density at radius 2 is 2.33 bits per heavy atom. The van der Waals surface area contributed by atoms with Crippen LogP contribution in [0.2, 0.25) is 0 Å². The highest BCUT2D eigenvalue weighted by molar-refractivity contribution is 5.85. The predicted molar refractivity (Wildman–Crippen MR) is 55.5 cm³/mol. The summed E-state index contributed by atoms with van der Waals surface area (Å²) in [4.78, 5) is 11.8. The molecule has 2 rings (SSSR count). The molecule has 2 saturated heterocycles. The van der Waals surface area contributed by atoms with Crippen LogP contribution in [-0.4, -0.2) is 37.2 Å². The van der Waals surface area contributed by atoms with Gasteiger partial charge in [0.25, 0.3) is 0 Å². The van der Waals surface area contributed by atoms with Gasteiger partial charge in [0.1, 0.15) is 0 Å². The first-order chi connectivity index (χ1) is 7.13. The van der Waals surface area contributed by atoms with E-state index in [2.05, 4.69) is 0 Å². The minimum absolute atomic E-state index is 0.0699. The number of ether oxygens (including phenoxy) is 2. The molecule has 0 saturated carbocycles. The molecule has 2 heterocycles. The Labute approximate surface area is 90.1 Å². The first-order valence-electron chi connectivity index (χ1n) is 5.64. The lowest BCUT2D eigenvalue weighted by molar-refractivity contribution is -0.137. The summed E-state index contributed by atoms with van der Waals surface area (Å²) in [5.41, 5.74) is 5.45. The second kappa shape index (κ2) is 4.20. The fraction of sp³-hybridized carbons (Fsp3) is 0.909. The summed E-state index contributed by atoms with van der Waals surface area (Å²) in [6.07, 6.45) is 2.51. The van der Waals surface area contributed by atoms with E-state index >= 15 is 0 Å². The molecule has 3 unspecified atom stereocenters. The normalized spacial score (nSPS) is 38.1. The summed E-state index contributed by atoms with van der Waals surface area (Å²) in [6.45, 7) is 3.80. The SMILES string of the molecule is CC(N)C(=O)C1CCOC2(CCOC2)C1. The minimum atomic E-state index is -0.354. The smallest absolute Gasteiger partial charge is 0.152 e. The number of hydrogen-bond acceptors (Lipinski definition) is 4. The fourth-order valence-corrected chi connectivity index (χ4v) is 2.51.